The topological polar surface area (TPSA) is 78.4 Å². The van der Waals surface area contributed by atoms with E-state index < -0.39 is 5.60 Å². The lowest BCUT2D eigenvalue weighted by Gasteiger charge is -2.22. The summed E-state index contributed by atoms with van der Waals surface area (Å²) in [5, 5.41) is 15.5. The number of carbonyl (C=O) groups is 2. The molecule has 0 saturated heterocycles. The third-order valence-corrected chi connectivity index (χ3v) is 3.39. The van der Waals surface area contributed by atoms with Crippen molar-refractivity contribution >= 4 is 11.8 Å². The van der Waals surface area contributed by atoms with Gasteiger partial charge in [0.2, 0.25) is 11.8 Å². The standard InChI is InChI=1S/C13H24N2O3/c1-10(15-11(2)16)9-12(17)14-8-7-13(18)5-3-4-6-13/h10,18H,3-9H2,1-2H3,(H,14,17)(H,15,16)/t10-/m1/s1. The first-order chi connectivity index (χ1) is 8.41. The Hall–Kier alpha value is -1.10. The van der Waals surface area contributed by atoms with Crippen LogP contribution in [0.3, 0.4) is 0 Å². The van der Waals surface area contributed by atoms with E-state index in [9.17, 15) is 14.7 Å². The zero-order valence-corrected chi connectivity index (χ0v) is 11.3. The zero-order valence-electron chi connectivity index (χ0n) is 11.3. The maximum absolute atomic E-state index is 11.6. The second-order valence-electron chi connectivity index (χ2n) is 5.34. The summed E-state index contributed by atoms with van der Waals surface area (Å²) in [7, 11) is 0. The molecule has 104 valence electrons. The first-order valence-corrected chi connectivity index (χ1v) is 6.67. The van der Waals surface area contributed by atoms with E-state index >= 15 is 0 Å². The maximum Gasteiger partial charge on any atom is 0.222 e. The van der Waals surface area contributed by atoms with E-state index in [0.29, 0.717) is 13.0 Å². The molecular formula is C13H24N2O3. The molecule has 0 spiro atoms. The summed E-state index contributed by atoms with van der Waals surface area (Å²) < 4.78 is 0. The molecule has 0 aliphatic heterocycles. The molecule has 1 saturated carbocycles. The van der Waals surface area contributed by atoms with Gasteiger partial charge in [-0.1, -0.05) is 12.8 Å². The highest BCUT2D eigenvalue weighted by atomic mass is 16.3. The van der Waals surface area contributed by atoms with Gasteiger partial charge in [0.25, 0.3) is 0 Å². The summed E-state index contributed by atoms with van der Waals surface area (Å²) in [5.41, 5.74) is -0.573. The van der Waals surface area contributed by atoms with Gasteiger partial charge in [0.05, 0.1) is 5.60 Å². The zero-order chi connectivity index (χ0) is 13.6. The van der Waals surface area contributed by atoms with Crippen LogP contribution in [0.5, 0.6) is 0 Å². The van der Waals surface area contributed by atoms with Crippen molar-refractivity contribution in [2.75, 3.05) is 6.54 Å². The fraction of sp³-hybridized carbons (Fsp3) is 0.846. The van der Waals surface area contributed by atoms with E-state index in [4.69, 9.17) is 0 Å². The average molecular weight is 256 g/mol. The Morgan fingerprint density at radius 2 is 1.94 bits per heavy atom. The fourth-order valence-electron chi connectivity index (χ4n) is 2.47. The van der Waals surface area contributed by atoms with E-state index in [2.05, 4.69) is 10.6 Å². The Morgan fingerprint density at radius 1 is 1.33 bits per heavy atom. The lowest BCUT2D eigenvalue weighted by Crippen LogP contribution is -2.38. The Kier molecular flexibility index (Phi) is 5.59. The lowest BCUT2D eigenvalue weighted by atomic mass is 9.98. The molecule has 0 heterocycles. The predicted octanol–water partition coefficient (Wildman–Crippen LogP) is 0.712. The van der Waals surface area contributed by atoms with Gasteiger partial charge in [-0.15, -0.1) is 0 Å². The molecule has 0 aromatic heterocycles. The average Bonchev–Trinajstić information content (AvgIpc) is 2.63. The van der Waals surface area contributed by atoms with Gasteiger partial charge in [0.15, 0.2) is 0 Å². The van der Waals surface area contributed by atoms with Gasteiger partial charge in [-0.3, -0.25) is 9.59 Å². The minimum Gasteiger partial charge on any atom is -0.390 e. The van der Waals surface area contributed by atoms with E-state index in [0.717, 1.165) is 25.7 Å². The largest absolute Gasteiger partial charge is 0.390 e. The normalized spacial score (nSPS) is 19.3. The number of rotatable bonds is 6. The van der Waals surface area contributed by atoms with Crippen molar-refractivity contribution in [3.63, 3.8) is 0 Å². The molecule has 1 rings (SSSR count). The number of hydrogen-bond acceptors (Lipinski definition) is 3. The van der Waals surface area contributed by atoms with Crippen molar-refractivity contribution in [2.24, 2.45) is 0 Å². The first-order valence-electron chi connectivity index (χ1n) is 6.67. The molecule has 2 amide bonds. The van der Waals surface area contributed by atoms with Crippen LogP contribution >= 0.6 is 0 Å². The Morgan fingerprint density at radius 3 is 2.50 bits per heavy atom. The number of carbonyl (C=O) groups excluding carboxylic acids is 2. The van der Waals surface area contributed by atoms with Crippen LogP contribution in [0.25, 0.3) is 0 Å². The van der Waals surface area contributed by atoms with Crippen LogP contribution in [-0.4, -0.2) is 35.1 Å². The molecular weight excluding hydrogens is 232 g/mol. The van der Waals surface area contributed by atoms with E-state index in [1.54, 1.807) is 6.92 Å². The molecule has 0 unspecified atom stereocenters. The van der Waals surface area contributed by atoms with Crippen molar-refractivity contribution < 1.29 is 14.7 Å². The van der Waals surface area contributed by atoms with E-state index in [1.165, 1.54) is 6.92 Å². The molecule has 1 fully saturated rings. The van der Waals surface area contributed by atoms with Crippen LogP contribution in [-0.2, 0) is 9.59 Å². The summed E-state index contributed by atoms with van der Waals surface area (Å²) in [5.74, 6) is -0.214. The SMILES string of the molecule is CC(=O)N[C@H](C)CC(=O)NCCC1(O)CCCC1. The van der Waals surface area contributed by atoms with Gasteiger partial charge >= 0.3 is 0 Å². The summed E-state index contributed by atoms with van der Waals surface area (Å²) in [6.07, 6.45) is 4.72. The molecule has 1 atom stereocenters. The Bertz CT molecular complexity index is 299. The molecule has 3 N–H and O–H groups in total. The summed E-state index contributed by atoms with van der Waals surface area (Å²) in [6, 6.07) is -0.155. The number of aliphatic hydroxyl groups is 1. The van der Waals surface area contributed by atoms with Crippen LogP contribution in [0.2, 0.25) is 0 Å². The summed E-state index contributed by atoms with van der Waals surface area (Å²) in [4.78, 5) is 22.4. The van der Waals surface area contributed by atoms with Gasteiger partial charge in [-0.2, -0.15) is 0 Å². The quantitative estimate of drug-likeness (QED) is 0.655. The number of hydrogen-bond donors (Lipinski definition) is 3. The third-order valence-electron chi connectivity index (χ3n) is 3.39. The van der Waals surface area contributed by atoms with Crippen molar-refractivity contribution in [2.45, 2.75) is 64.0 Å². The molecule has 5 heteroatoms. The molecule has 18 heavy (non-hydrogen) atoms. The van der Waals surface area contributed by atoms with Gasteiger partial charge in [0.1, 0.15) is 0 Å². The predicted molar refractivity (Wildman–Crippen MR) is 68.9 cm³/mol. The van der Waals surface area contributed by atoms with Crippen molar-refractivity contribution in [1.82, 2.24) is 10.6 Å². The van der Waals surface area contributed by atoms with Crippen LogP contribution in [0.1, 0.15) is 52.4 Å². The Labute approximate surface area is 108 Å². The highest BCUT2D eigenvalue weighted by Gasteiger charge is 2.30. The molecule has 0 aromatic rings. The van der Waals surface area contributed by atoms with Crippen LogP contribution in [0, 0.1) is 0 Å². The second kappa shape index (κ2) is 6.73. The van der Waals surface area contributed by atoms with Gasteiger partial charge in [0, 0.05) is 25.9 Å². The monoisotopic (exact) mass is 256 g/mol. The molecule has 0 radical (unpaired) electrons. The highest BCUT2D eigenvalue weighted by Crippen LogP contribution is 2.31. The number of amides is 2. The fourth-order valence-corrected chi connectivity index (χ4v) is 2.47. The van der Waals surface area contributed by atoms with Gasteiger partial charge in [-0.25, -0.2) is 0 Å². The van der Waals surface area contributed by atoms with Gasteiger partial charge < -0.3 is 15.7 Å². The van der Waals surface area contributed by atoms with Crippen molar-refractivity contribution in [3.8, 4) is 0 Å². The van der Waals surface area contributed by atoms with Crippen molar-refractivity contribution in [3.05, 3.63) is 0 Å². The van der Waals surface area contributed by atoms with Crippen LogP contribution in [0.15, 0.2) is 0 Å². The van der Waals surface area contributed by atoms with Gasteiger partial charge in [-0.05, 0) is 26.2 Å². The smallest absolute Gasteiger partial charge is 0.222 e. The second-order valence-corrected chi connectivity index (χ2v) is 5.34. The molecule has 1 aliphatic rings. The highest BCUT2D eigenvalue weighted by molar-refractivity contribution is 5.78. The van der Waals surface area contributed by atoms with Crippen molar-refractivity contribution in [1.29, 1.82) is 0 Å². The molecule has 0 aromatic carbocycles. The minimum atomic E-state index is -0.573. The third kappa shape index (κ3) is 5.49. The van der Waals surface area contributed by atoms with E-state index in [-0.39, 0.29) is 24.3 Å². The number of nitrogens with one attached hydrogen (secondary N) is 2. The lowest BCUT2D eigenvalue weighted by molar-refractivity contribution is -0.122. The first kappa shape index (κ1) is 15.0. The molecule has 0 bridgehead atoms. The minimum absolute atomic E-state index is 0.0853. The van der Waals surface area contributed by atoms with Crippen LogP contribution in [0.4, 0.5) is 0 Å². The Balaban J connectivity index is 2.15. The van der Waals surface area contributed by atoms with Crippen LogP contribution < -0.4 is 10.6 Å². The maximum atomic E-state index is 11.6. The summed E-state index contributed by atoms with van der Waals surface area (Å²) >= 11 is 0. The summed E-state index contributed by atoms with van der Waals surface area (Å²) in [6.45, 7) is 3.73. The van der Waals surface area contributed by atoms with E-state index in [1.807, 2.05) is 0 Å². The molecule has 1 aliphatic carbocycles. The molecule has 5 nitrogen and oxygen atoms in total.